The van der Waals surface area contributed by atoms with Crippen LogP contribution in [0.3, 0.4) is 0 Å². The van der Waals surface area contributed by atoms with E-state index < -0.39 is 85.9 Å². The van der Waals surface area contributed by atoms with Gasteiger partial charge in [-0.15, -0.1) is 0 Å². The van der Waals surface area contributed by atoms with Crippen molar-refractivity contribution in [2.75, 3.05) is 11.5 Å². The van der Waals surface area contributed by atoms with Crippen molar-refractivity contribution in [1.29, 1.82) is 0 Å². The lowest BCUT2D eigenvalue weighted by Crippen LogP contribution is -2.18. The van der Waals surface area contributed by atoms with E-state index in [9.17, 15) is 56.3 Å². The van der Waals surface area contributed by atoms with Crippen molar-refractivity contribution in [1.82, 2.24) is 0 Å². The highest BCUT2D eigenvalue weighted by molar-refractivity contribution is 7.92. The molecule has 0 aliphatic heterocycles. The summed E-state index contributed by atoms with van der Waals surface area (Å²) in [5, 5.41) is 0. The fourth-order valence-corrected chi connectivity index (χ4v) is 6.31. The quantitative estimate of drug-likeness (QED) is 0.302. The molecule has 38 heavy (non-hydrogen) atoms. The molecule has 206 valence electrons. The molecular formula is C21H13F9N2O4S2. The zero-order valence-corrected chi connectivity index (χ0v) is 19.8. The smallest absolute Gasteiger partial charge is 0.399 e. The highest BCUT2D eigenvalue weighted by atomic mass is 32.2. The molecule has 17 heteroatoms. The second kappa shape index (κ2) is 9.07. The van der Waals surface area contributed by atoms with Crippen molar-refractivity contribution in [3.05, 3.63) is 71.3 Å². The fraction of sp³-hybridized carbons (Fsp3) is 0.143. The Morgan fingerprint density at radius 3 is 1.32 bits per heavy atom. The molecule has 0 heterocycles. The third-order valence-corrected chi connectivity index (χ3v) is 8.71. The molecule has 0 amide bonds. The Morgan fingerprint density at radius 2 is 0.868 bits per heavy atom. The summed E-state index contributed by atoms with van der Waals surface area (Å²) in [6.07, 6.45) is -16.1. The van der Waals surface area contributed by atoms with E-state index in [4.69, 9.17) is 11.5 Å². The summed E-state index contributed by atoms with van der Waals surface area (Å²) in [5.41, 5.74) is 3.44. The molecular weight excluding hydrogens is 579 g/mol. The van der Waals surface area contributed by atoms with Crippen LogP contribution in [0.5, 0.6) is 0 Å². The number of anilines is 2. The van der Waals surface area contributed by atoms with Gasteiger partial charge in [0.25, 0.3) is 0 Å². The third-order valence-electron chi connectivity index (χ3n) is 5.10. The molecule has 0 saturated heterocycles. The van der Waals surface area contributed by atoms with E-state index in [0.29, 0.717) is 18.2 Å². The van der Waals surface area contributed by atoms with Gasteiger partial charge in [0.2, 0.25) is 19.7 Å². The van der Waals surface area contributed by atoms with E-state index in [2.05, 4.69) is 0 Å². The summed E-state index contributed by atoms with van der Waals surface area (Å²) in [7, 11) is -10.7. The van der Waals surface area contributed by atoms with Gasteiger partial charge < -0.3 is 11.5 Å². The molecule has 3 aromatic rings. The first-order chi connectivity index (χ1) is 17.1. The van der Waals surface area contributed by atoms with Gasteiger partial charge >= 0.3 is 18.5 Å². The Hall–Kier alpha value is -3.47. The molecule has 0 radical (unpaired) electrons. The highest BCUT2D eigenvalue weighted by Crippen LogP contribution is 2.42. The summed E-state index contributed by atoms with van der Waals surface area (Å²) >= 11 is 0. The first-order valence-electron chi connectivity index (χ1n) is 9.73. The van der Waals surface area contributed by atoms with Gasteiger partial charge in [0.1, 0.15) is 0 Å². The summed E-state index contributed by atoms with van der Waals surface area (Å²) in [4.78, 5) is -5.73. The summed E-state index contributed by atoms with van der Waals surface area (Å²) in [6.45, 7) is 0. The fourth-order valence-electron chi connectivity index (χ4n) is 3.34. The minimum atomic E-state index is -5.61. The lowest BCUT2D eigenvalue weighted by molar-refractivity contribution is -0.140. The normalized spacial score (nSPS) is 13.5. The van der Waals surface area contributed by atoms with E-state index >= 15 is 0 Å². The van der Waals surface area contributed by atoms with Crippen LogP contribution in [0, 0.1) is 0 Å². The molecule has 0 fully saturated rings. The van der Waals surface area contributed by atoms with E-state index in [1.807, 2.05) is 0 Å². The van der Waals surface area contributed by atoms with Gasteiger partial charge in [-0.3, -0.25) is 0 Å². The van der Waals surface area contributed by atoms with E-state index in [0.717, 1.165) is 6.07 Å². The average molecular weight is 592 g/mol. The number of hydrogen-bond donors (Lipinski definition) is 2. The summed E-state index contributed by atoms with van der Waals surface area (Å²) in [5.74, 6) is 0. The zero-order valence-electron chi connectivity index (χ0n) is 18.2. The molecule has 0 saturated carbocycles. The Morgan fingerprint density at radius 1 is 0.500 bits per heavy atom. The van der Waals surface area contributed by atoms with Crippen molar-refractivity contribution in [2.24, 2.45) is 0 Å². The first-order valence-corrected chi connectivity index (χ1v) is 12.7. The second-order valence-electron chi connectivity index (χ2n) is 7.66. The predicted molar refractivity (Wildman–Crippen MR) is 114 cm³/mol. The second-order valence-corrected chi connectivity index (χ2v) is 11.5. The lowest BCUT2D eigenvalue weighted by Gasteiger charge is -2.18. The molecule has 0 spiro atoms. The van der Waals surface area contributed by atoms with Crippen molar-refractivity contribution in [2.45, 2.75) is 38.1 Å². The number of benzene rings is 3. The van der Waals surface area contributed by atoms with Gasteiger partial charge in [-0.2, -0.15) is 39.5 Å². The van der Waals surface area contributed by atoms with Gasteiger partial charge in [0, 0.05) is 11.4 Å². The number of hydrogen-bond acceptors (Lipinski definition) is 6. The number of alkyl halides is 9. The maximum absolute atomic E-state index is 13.9. The largest absolute Gasteiger partial charge is 0.418 e. The van der Waals surface area contributed by atoms with Crippen LogP contribution in [0.25, 0.3) is 0 Å². The SMILES string of the molecule is Nc1ccc(S(=O)(=O)c2ccc(S(=O)(=O)c3ccc(N)c(C(F)(F)F)c3)c(C(F)(F)F)c2)c(C(F)(F)F)c1. The number of halogens is 9. The van der Waals surface area contributed by atoms with Crippen molar-refractivity contribution < 1.29 is 56.3 Å². The number of nitrogens with two attached hydrogens (primary N) is 2. The van der Waals surface area contributed by atoms with Crippen LogP contribution in [0.2, 0.25) is 0 Å². The maximum Gasteiger partial charge on any atom is 0.418 e. The molecule has 3 rings (SSSR count). The minimum Gasteiger partial charge on any atom is -0.399 e. The van der Waals surface area contributed by atoms with Gasteiger partial charge in [-0.05, 0) is 54.6 Å². The van der Waals surface area contributed by atoms with Crippen LogP contribution in [-0.4, -0.2) is 16.8 Å². The summed E-state index contributed by atoms with van der Waals surface area (Å²) in [6, 6.07) is 2.62. The average Bonchev–Trinajstić information content (AvgIpc) is 2.76. The van der Waals surface area contributed by atoms with Crippen molar-refractivity contribution in [3.63, 3.8) is 0 Å². The Labute approximate surface area is 208 Å². The van der Waals surface area contributed by atoms with E-state index in [1.54, 1.807) is 0 Å². The van der Waals surface area contributed by atoms with Crippen LogP contribution in [-0.2, 0) is 38.2 Å². The Kier molecular flexibility index (Phi) is 6.95. The van der Waals surface area contributed by atoms with E-state index in [1.165, 1.54) is 0 Å². The number of rotatable bonds is 4. The van der Waals surface area contributed by atoms with Crippen molar-refractivity contribution in [3.8, 4) is 0 Å². The highest BCUT2D eigenvalue weighted by Gasteiger charge is 2.42. The number of sulfone groups is 2. The number of nitrogen functional groups attached to an aromatic ring is 2. The molecule has 0 atom stereocenters. The molecule has 6 nitrogen and oxygen atoms in total. The molecule has 0 bridgehead atoms. The molecule has 0 aliphatic rings. The molecule has 3 aromatic carbocycles. The van der Waals surface area contributed by atoms with Crippen LogP contribution < -0.4 is 11.5 Å². The third kappa shape index (κ3) is 5.38. The monoisotopic (exact) mass is 592 g/mol. The van der Waals surface area contributed by atoms with Crippen LogP contribution >= 0.6 is 0 Å². The van der Waals surface area contributed by atoms with Crippen LogP contribution in [0.1, 0.15) is 16.7 Å². The first kappa shape index (κ1) is 29.1. The minimum absolute atomic E-state index is 0.000539. The lowest BCUT2D eigenvalue weighted by atomic mass is 10.2. The Bertz CT molecular complexity index is 1630. The topological polar surface area (TPSA) is 120 Å². The zero-order chi connectivity index (χ0) is 29.1. The molecule has 4 N–H and O–H groups in total. The van der Waals surface area contributed by atoms with Gasteiger partial charge in [-0.1, -0.05) is 0 Å². The van der Waals surface area contributed by atoms with Gasteiger partial charge in [0.05, 0.1) is 36.3 Å². The molecule has 0 unspecified atom stereocenters. The Balaban J connectivity index is 2.28. The summed E-state index contributed by atoms with van der Waals surface area (Å²) < 4.78 is 173. The van der Waals surface area contributed by atoms with Gasteiger partial charge in [-0.25, -0.2) is 16.8 Å². The predicted octanol–water partition coefficient (Wildman–Crippen LogP) is 5.57. The van der Waals surface area contributed by atoms with Crippen LogP contribution in [0.15, 0.2) is 74.2 Å². The van der Waals surface area contributed by atoms with Crippen LogP contribution in [0.4, 0.5) is 50.9 Å². The van der Waals surface area contributed by atoms with E-state index in [-0.39, 0.29) is 30.3 Å². The van der Waals surface area contributed by atoms with Crippen molar-refractivity contribution >= 4 is 31.0 Å². The molecule has 0 aliphatic carbocycles. The van der Waals surface area contributed by atoms with Gasteiger partial charge in [0.15, 0.2) is 0 Å². The molecule has 0 aromatic heterocycles. The maximum atomic E-state index is 13.9. The standard InChI is InChI=1S/C21H13F9N2O4S2/c22-19(23,24)13-8-11(2-4-16(13)32)37(33,34)18-6-3-12(9-15(18)21(28,29)30)38(35,36)17-5-1-10(31)7-14(17)20(25,26)27/h1-9H,31-32H2.